The molecule has 0 spiro atoms. The molecule has 86 valence electrons. The van der Waals surface area contributed by atoms with Gasteiger partial charge in [-0.15, -0.1) is 16.9 Å². The zero-order valence-corrected chi connectivity index (χ0v) is 12.0. The van der Waals surface area contributed by atoms with E-state index in [9.17, 15) is 4.79 Å². The Morgan fingerprint density at radius 3 is 2.65 bits per heavy atom. The Hall–Kier alpha value is -1.37. The standard InChI is InChI=1S/C14H14OSSi/c1-17(2,3)7-6-11-4-5-14-12(8-11)9-13(10-15)16-14/h4-5,8-10H,1-3H3. The Morgan fingerprint density at radius 2 is 2.00 bits per heavy atom. The van der Waals surface area contributed by atoms with Gasteiger partial charge in [0.05, 0.1) is 4.88 Å². The third-order valence-corrected chi connectivity index (χ3v) is 4.15. The molecule has 1 aromatic heterocycles. The van der Waals surface area contributed by atoms with E-state index >= 15 is 0 Å². The minimum absolute atomic E-state index is 0.773. The summed E-state index contributed by atoms with van der Waals surface area (Å²) in [5.74, 6) is 3.23. The molecule has 17 heavy (non-hydrogen) atoms. The Labute approximate surface area is 106 Å². The van der Waals surface area contributed by atoms with Crippen molar-refractivity contribution >= 4 is 35.8 Å². The summed E-state index contributed by atoms with van der Waals surface area (Å²) in [5, 5.41) is 1.11. The number of fused-ring (bicyclic) bond motifs is 1. The number of hydrogen-bond donors (Lipinski definition) is 0. The summed E-state index contributed by atoms with van der Waals surface area (Å²) in [5.41, 5.74) is 4.38. The molecule has 0 saturated heterocycles. The SMILES string of the molecule is C[Si](C)(C)C#Cc1ccc2sc(C=O)cc2c1. The first-order chi connectivity index (χ1) is 7.98. The maximum atomic E-state index is 10.7. The monoisotopic (exact) mass is 258 g/mol. The summed E-state index contributed by atoms with van der Waals surface area (Å²) < 4.78 is 1.14. The highest BCUT2D eigenvalue weighted by molar-refractivity contribution is 7.20. The normalized spacial score (nSPS) is 11.0. The minimum Gasteiger partial charge on any atom is -0.297 e. The van der Waals surface area contributed by atoms with Gasteiger partial charge >= 0.3 is 0 Å². The molecule has 1 nitrogen and oxygen atoms in total. The number of thiophene rings is 1. The van der Waals surface area contributed by atoms with Gasteiger partial charge < -0.3 is 0 Å². The van der Waals surface area contributed by atoms with Gasteiger partial charge in [0.1, 0.15) is 8.07 Å². The predicted molar refractivity (Wildman–Crippen MR) is 77.4 cm³/mol. The average Bonchev–Trinajstić information content (AvgIpc) is 2.67. The number of benzene rings is 1. The maximum absolute atomic E-state index is 10.7. The van der Waals surface area contributed by atoms with E-state index < -0.39 is 8.07 Å². The van der Waals surface area contributed by atoms with Crippen LogP contribution >= 0.6 is 11.3 Å². The van der Waals surface area contributed by atoms with Crippen molar-refractivity contribution in [1.29, 1.82) is 0 Å². The second-order valence-corrected chi connectivity index (χ2v) is 10.9. The van der Waals surface area contributed by atoms with Gasteiger partial charge in [-0.25, -0.2) is 0 Å². The van der Waals surface area contributed by atoms with Crippen LogP contribution in [0.2, 0.25) is 19.6 Å². The molecule has 0 aliphatic carbocycles. The summed E-state index contributed by atoms with van der Waals surface area (Å²) >= 11 is 1.52. The molecule has 0 radical (unpaired) electrons. The molecule has 2 rings (SSSR count). The Morgan fingerprint density at radius 1 is 1.24 bits per heavy atom. The van der Waals surface area contributed by atoms with E-state index in [-0.39, 0.29) is 0 Å². The molecular formula is C14H14OSSi. The number of rotatable bonds is 1. The second kappa shape index (κ2) is 4.48. The van der Waals surface area contributed by atoms with Crippen LogP contribution in [0, 0.1) is 11.5 Å². The zero-order valence-electron chi connectivity index (χ0n) is 10.2. The average molecular weight is 258 g/mol. The van der Waals surface area contributed by atoms with Crippen molar-refractivity contribution in [2.75, 3.05) is 0 Å². The van der Waals surface area contributed by atoms with Gasteiger partial charge in [-0.3, -0.25) is 4.79 Å². The van der Waals surface area contributed by atoms with E-state index in [0.29, 0.717) is 0 Å². The first-order valence-corrected chi connectivity index (χ1v) is 9.81. The third kappa shape index (κ3) is 3.06. The predicted octanol–water partition coefficient (Wildman–Crippen LogP) is 3.94. The van der Waals surface area contributed by atoms with Crippen molar-refractivity contribution in [2.45, 2.75) is 19.6 Å². The van der Waals surface area contributed by atoms with Crippen LogP contribution in [0.25, 0.3) is 10.1 Å². The number of aldehydes is 1. The number of carbonyl (C=O) groups excluding carboxylic acids is 1. The molecule has 0 unspecified atom stereocenters. The first-order valence-electron chi connectivity index (χ1n) is 5.50. The van der Waals surface area contributed by atoms with Crippen LogP contribution in [-0.4, -0.2) is 14.4 Å². The largest absolute Gasteiger partial charge is 0.297 e. The lowest BCUT2D eigenvalue weighted by Crippen LogP contribution is -2.16. The molecule has 0 aliphatic heterocycles. The van der Waals surface area contributed by atoms with Crippen LogP contribution in [0.3, 0.4) is 0 Å². The van der Waals surface area contributed by atoms with Gasteiger partial charge in [-0.2, -0.15) is 0 Å². The first kappa shape index (κ1) is 12.1. The molecule has 1 aromatic carbocycles. The van der Waals surface area contributed by atoms with E-state index in [1.807, 2.05) is 18.2 Å². The van der Waals surface area contributed by atoms with Crippen LogP contribution in [0.4, 0.5) is 0 Å². The summed E-state index contributed by atoms with van der Waals surface area (Å²) in [4.78, 5) is 11.5. The highest BCUT2D eigenvalue weighted by Crippen LogP contribution is 2.25. The molecule has 0 amide bonds. The van der Waals surface area contributed by atoms with E-state index in [4.69, 9.17) is 0 Å². The highest BCUT2D eigenvalue weighted by Gasteiger charge is 2.07. The van der Waals surface area contributed by atoms with Crippen molar-refractivity contribution < 1.29 is 4.79 Å². The lowest BCUT2D eigenvalue weighted by atomic mass is 10.2. The van der Waals surface area contributed by atoms with Gasteiger partial charge in [0.15, 0.2) is 6.29 Å². The number of hydrogen-bond acceptors (Lipinski definition) is 2. The van der Waals surface area contributed by atoms with Crippen LogP contribution in [0.15, 0.2) is 24.3 Å². The molecule has 0 atom stereocenters. The molecule has 2 aromatic rings. The smallest absolute Gasteiger partial charge is 0.160 e. The van der Waals surface area contributed by atoms with E-state index in [1.165, 1.54) is 11.3 Å². The fraction of sp³-hybridized carbons (Fsp3) is 0.214. The second-order valence-electron chi connectivity index (χ2n) is 5.02. The molecule has 0 N–H and O–H groups in total. The quantitative estimate of drug-likeness (QED) is 0.430. The highest BCUT2D eigenvalue weighted by atomic mass is 32.1. The molecule has 0 aliphatic rings. The molecule has 0 bridgehead atoms. The molecule has 0 fully saturated rings. The van der Waals surface area contributed by atoms with Crippen LogP contribution in [0.1, 0.15) is 15.2 Å². The van der Waals surface area contributed by atoms with Crippen molar-refractivity contribution in [1.82, 2.24) is 0 Å². The van der Waals surface area contributed by atoms with Crippen LogP contribution < -0.4 is 0 Å². The van der Waals surface area contributed by atoms with Crippen molar-refractivity contribution in [2.24, 2.45) is 0 Å². The van der Waals surface area contributed by atoms with E-state index in [1.54, 1.807) is 0 Å². The van der Waals surface area contributed by atoms with Gasteiger partial charge in [-0.05, 0) is 29.7 Å². The van der Waals surface area contributed by atoms with Gasteiger partial charge in [0.25, 0.3) is 0 Å². The lowest BCUT2D eigenvalue weighted by Gasteiger charge is -2.03. The van der Waals surface area contributed by atoms with Crippen molar-refractivity contribution in [3.63, 3.8) is 0 Å². The van der Waals surface area contributed by atoms with Crippen molar-refractivity contribution in [3.8, 4) is 11.5 Å². The summed E-state index contributed by atoms with van der Waals surface area (Å²) in [7, 11) is -1.32. The summed E-state index contributed by atoms with van der Waals surface area (Å²) in [6, 6.07) is 8.06. The fourth-order valence-corrected chi connectivity index (χ4v) is 2.84. The van der Waals surface area contributed by atoms with E-state index in [2.05, 4.69) is 37.2 Å². The third-order valence-electron chi connectivity index (χ3n) is 2.23. The van der Waals surface area contributed by atoms with Gasteiger partial charge in [-0.1, -0.05) is 25.6 Å². The molecule has 1 heterocycles. The van der Waals surface area contributed by atoms with Gasteiger partial charge in [0.2, 0.25) is 0 Å². The van der Waals surface area contributed by atoms with Gasteiger partial charge in [0, 0.05) is 10.3 Å². The number of carbonyl (C=O) groups is 1. The van der Waals surface area contributed by atoms with Crippen molar-refractivity contribution in [3.05, 3.63) is 34.7 Å². The molecular weight excluding hydrogens is 244 g/mol. The van der Waals surface area contributed by atoms with Crippen LogP contribution in [0.5, 0.6) is 0 Å². The topological polar surface area (TPSA) is 17.1 Å². The van der Waals surface area contributed by atoms with Crippen LogP contribution in [-0.2, 0) is 0 Å². The Kier molecular flexibility index (Phi) is 3.19. The Bertz CT molecular complexity index is 623. The minimum atomic E-state index is -1.32. The molecule has 3 heteroatoms. The summed E-state index contributed by atoms with van der Waals surface area (Å²) in [6.45, 7) is 6.69. The summed E-state index contributed by atoms with van der Waals surface area (Å²) in [6.07, 6.45) is 0.901. The lowest BCUT2D eigenvalue weighted by molar-refractivity contribution is 0.112. The maximum Gasteiger partial charge on any atom is 0.160 e. The Balaban J connectivity index is 2.43. The fourth-order valence-electron chi connectivity index (χ4n) is 1.46. The van der Waals surface area contributed by atoms with E-state index in [0.717, 1.165) is 26.8 Å². The zero-order chi connectivity index (χ0) is 12.5. The molecule has 0 saturated carbocycles.